The van der Waals surface area contributed by atoms with Crippen LogP contribution >= 0.6 is 15.9 Å². The Hall–Kier alpha value is -2.38. The van der Waals surface area contributed by atoms with Gasteiger partial charge in [-0.15, -0.1) is 0 Å². The summed E-state index contributed by atoms with van der Waals surface area (Å²) in [6, 6.07) is 5.75. The monoisotopic (exact) mass is 484 g/mol. The van der Waals surface area contributed by atoms with Gasteiger partial charge >= 0.3 is 0 Å². The average molecular weight is 485 g/mol. The Balaban J connectivity index is 1.65. The van der Waals surface area contributed by atoms with Crippen LogP contribution in [-0.4, -0.2) is 59.3 Å². The lowest BCUT2D eigenvalue weighted by Crippen LogP contribution is -2.38. The summed E-state index contributed by atoms with van der Waals surface area (Å²) in [7, 11) is 0. The Morgan fingerprint density at radius 1 is 1.23 bits per heavy atom. The number of aromatic amines is 1. The minimum atomic E-state index is -0.121. The van der Waals surface area contributed by atoms with Crippen LogP contribution in [0.15, 0.2) is 22.7 Å². The van der Waals surface area contributed by atoms with Gasteiger partial charge in [-0.1, -0.05) is 29.8 Å². The number of aryl methyl sites for hydroxylation is 1. The van der Waals surface area contributed by atoms with Crippen LogP contribution in [0.2, 0.25) is 0 Å². The molecule has 2 amide bonds. The van der Waals surface area contributed by atoms with Crippen molar-refractivity contribution in [1.29, 1.82) is 0 Å². The van der Waals surface area contributed by atoms with Crippen LogP contribution in [0.1, 0.15) is 53.1 Å². The molecule has 1 aromatic heterocycles. The minimum absolute atomic E-state index is 0.0945. The summed E-state index contributed by atoms with van der Waals surface area (Å²) in [6.45, 7) is 10.7. The van der Waals surface area contributed by atoms with E-state index in [0.29, 0.717) is 5.57 Å². The number of carbonyl (C=O) groups excluding carboxylic acids is 2. The van der Waals surface area contributed by atoms with Crippen LogP contribution in [-0.2, 0) is 11.2 Å². The van der Waals surface area contributed by atoms with E-state index in [-0.39, 0.29) is 11.8 Å². The molecule has 2 aromatic rings. The molecule has 0 aliphatic carbocycles. The van der Waals surface area contributed by atoms with E-state index >= 15 is 0 Å². The van der Waals surface area contributed by atoms with Gasteiger partial charge in [-0.3, -0.25) is 9.59 Å². The third-order valence-corrected chi connectivity index (χ3v) is 6.85. The van der Waals surface area contributed by atoms with Crippen LogP contribution in [0.4, 0.5) is 5.69 Å². The lowest BCUT2D eigenvalue weighted by molar-refractivity contribution is -0.110. The van der Waals surface area contributed by atoms with Crippen molar-refractivity contribution in [1.82, 2.24) is 14.8 Å². The second-order valence-electron chi connectivity index (χ2n) is 8.14. The fourth-order valence-corrected chi connectivity index (χ4v) is 4.83. The van der Waals surface area contributed by atoms with Gasteiger partial charge in [0.1, 0.15) is 0 Å². The van der Waals surface area contributed by atoms with Crippen LogP contribution < -0.4 is 5.32 Å². The summed E-state index contributed by atoms with van der Waals surface area (Å²) in [5.41, 5.74) is 5.80. The first kappa shape index (κ1) is 21.8. The first-order valence-corrected chi connectivity index (χ1v) is 11.8. The molecule has 0 saturated heterocycles. The molecule has 2 aliphatic rings. The second kappa shape index (κ2) is 9.01. The smallest absolute Gasteiger partial charge is 0.256 e. The topological polar surface area (TPSA) is 68.4 Å². The molecule has 1 aromatic carbocycles. The SMILES string of the molecule is CCN(CC)CCN1CCCc2[nH]c(C=C3C(=O)Nc4ccc(Br)cc43)c(C)c2C1=O. The Kier molecular flexibility index (Phi) is 6.34. The van der Waals surface area contributed by atoms with Crippen LogP contribution in [0.3, 0.4) is 0 Å². The maximum atomic E-state index is 13.4. The number of fused-ring (bicyclic) bond motifs is 2. The minimum Gasteiger partial charge on any atom is -0.358 e. The summed E-state index contributed by atoms with van der Waals surface area (Å²) >= 11 is 3.49. The molecule has 7 heteroatoms. The molecule has 4 rings (SSSR count). The number of H-pyrrole nitrogens is 1. The summed E-state index contributed by atoms with van der Waals surface area (Å²) in [5.74, 6) is -0.0263. The van der Waals surface area contributed by atoms with Crippen molar-refractivity contribution in [3.05, 3.63) is 50.8 Å². The van der Waals surface area contributed by atoms with Gasteiger partial charge < -0.3 is 20.1 Å². The zero-order valence-electron chi connectivity index (χ0n) is 18.3. The van der Waals surface area contributed by atoms with Gasteiger partial charge in [-0.2, -0.15) is 0 Å². The number of amides is 2. The molecule has 3 heterocycles. The highest BCUT2D eigenvalue weighted by Gasteiger charge is 2.29. The third-order valence-electron chi connectivity index (χ3n) is 6.36. The van der Waals surface area contributed by atoms with Crippen molar-refractivity contribution in [3.63, 3.8) is 0 Å². The maximum absolute atomic E-state index is 13.4. The maximum Gasteiger partial charge on any atom is 0.256 e. The number of nitrogens with one attached hydrogen (secondary N) is 2. The highest BCUT2D eigenvalue weighted by atomic mass is 79.9. The fourth-order valence-electron chi connectivity index (χ4n) is 4.47. The van der Waals surface area contributed by atoms with Gasteiger partial charge in [-0.25, -0.2) is 0 Å². The number of halogens is 1. The Morgan fingerprint density at radius 3 is 2.74 bits per heavy atom. The highest BCUT2D eigenvalue weighted by molar-refractivity contribution is 9.10. The third kappa shape index (κ3) is 4.21. The fraction of sp³-hybridized carbons (Fsp3) is 0.417. The molecule has 0 saturated carbocycles. The van der Waals surface area contributed by atoms with Gasteiger partial charge in [0, 0.05) is 46.7 Å². The van der Waals surface area contributed by atoms with E-state index in [2.05, 4.69) is 45.0 Å². The van der Waals surface area contributed by atoms with Crippen LogP contribution in [0.25, 0.3) is 11.6 Å². The van der Waals surface area contributed by atoms with E-state index in [9.17, 15) is 9.59 Å². The van der Waals surface area contributed by atoms with Crippen molar-refractivity contribution in [2.45, 2.75) is 33.6 Å². The first-order valence-electron chi connectivity index (χ1n) is 11.0. The van der Waals surface area contributed by atoms with Crippen molar-refractivity contribution >= 4 is 45.1 Å². The molecular weight excluding hydrogens is 456 g/mol. The summed E-state index contributed by atoms with van der Waals surface area (Å²) in [6.07, 6.45) is 3.65. The quantitative estimate of drug-likeness (QED) is 0.600. The molecule has 6 nitrogen and oxygen atoms in total. The molecule has 0 radical (unpaired) electrons. The van der Waals surface area contributed by atoms with E-state index in [1.807, 2.05) is 36.1 Å². The van der Waals surface area contributed by atoms with Gasteiger partial charge in [0.2, 0.25) is 0 Å². The van der Waals surface area contributed by atoms with Crippen LogP contribution in [0, 0.1) is 6.92 Å². The largest absolute Gasteiger partial charge is 0.358 e. The van der Waals surface area contributed by atoms with Crippen molar-refractivity contribution < 1.29 is 9.59 Å². The van der Waals surface area contributed by atoms with Gasteiger partial charge in [0.05, 0.1) is 11.1 Å². The molecule has 0 spiro atoms. The molecule has 0 unspecified atom stereocenters. The Morgan fingerprint density at radius 2 is 2.00 bits per heavy atom. The second-order valence-corrected chi connectivity index (χ2v) is 9.06. The predicted molar refractivity (Wildman–Crippen MR) is 128 cm³/mol. The molecule has 0 atom stereocenters. The Bertz CT molecular complexity index is 1050. The summed E-state index contributed by atoms with van der Waals surface area (Å²) in [5, 5.41) is 2.92. The number of likely N-dealkylation sites (N-methyl/N-ethyl adjacent to an activating group) is 1. The number of nitrogens with zero attached hydrogens (tertiary/aromatic N) is 2. The highest BCUT2D eigenvalue weighted by Crippen LogP contribution is 2.36. The number of aromatic nitrogens is 1. The van der Waals surface area contributed by atoms with E-state index in [1.54, 1.807) is 0 Å². The van der Waals surface area contributed by atoms with Gasteiger partial charge in [0.15, 0.2) is 0 Å². The summed E-state index contributed by atoms with van der Waals surface area (Å²) in [4.78, 5) is 33.7. The molecular formula is C24H29BrN4O2. The standard InChI is InChI=1S/C24H29BrN4O2/c1-4-28(5-2)11-12-29-10-6-7-20-22(24(29)31)15(3)21(26-20)14-18-17-13-16(25)8-9-19(17)27-23(18)30/h8-9,13-14,26H,4-7,10-12H2,1-3H3,(H,27,30). The average Bonchev–Trinajstić information content (AvgIpc) is 3.17. The van der Waals surface area contributed by atoms with E-state index in [4.69, 9.17) is 0 Å². The van der Waals surface area contributed by atoms with Gasteiger partial charge in [0.25, 0.3) is 11.8 Å². The van der Waals surface area contributed by atoms with Crippen molar-refractivity contribution in [2.75, 3.05) is 38.0 Å². The molecule has 31 heavy (non-hydrogen) atoms. The van der Waals surface area contributed by atoms with E-state index < -0.39 is 0 Å². The first-order chi connectivity index (χ1) is 14.9. The number of rotatable bonds is 6. The number of carbonyl (C=O) groups is 2. The van der Waals surface area contributed by atoms with Crippen molar-refractivity contribution in [2.24, 2.45) is 0 Å². The Labute approximate surface area is 191 Å². The normalized spacial score (nSPS) is 17.2. The molecule has 2 N–H and O–H groups in total. The lowest BCUT2D eigenvalue weighted by atomic mass is 10.0. The zero-order chi connectivity index (χ0) is 22.1. The summed E-state index contributed by atoms with van der Waals surface area (Å²) < 4.78 is 0.923. The number of hydrogen-bond donors (Lipinski definition) is 2. The molecule has 2 aliphatic heterocycles. The van der Waals surface area contributed by atoms with Crippen LogP contribution in [0.5, 0.6) is 0 Å². The number of hydrogen-bond acceptors (Lipinski definition) is 3. The number of anilines is 1. The predicted octanol–water partition coefficient (Wildman–Crippen LogP) is 4.31. The van der Waals surface area contributed by atoms with E-state index in [1.165, 1.54) is 0 Å². The van der Waals surface area contributed by atoms with E-state index in [0.717, 1.165) is 83.8 Å². The number of benzene rings is 1. The van der Waals surface area contributed by atoms with Gasteiger partial charge in [-0.05, 0) is 62.7 Å². The van der Waals surface area contributed by atoms with Crippen molar-refractivity contribution in [3.8, 4) is 0 Å². The molecule has 164 valence electrons. The molecule has 0 bridgehead atoms. The molecule has 0 fully saturated rings. The zero-order valence-corrected chi connectivity index (χ0v) is 19.9. The lowest BCUT2D eigenvalue weighted by Gasteiger charge is -2.25.